The molecule has 0 saturated heterocycles. The summed E-state index contributed by atoms with van der Waals surface area (Å²) in [5.41, 5.74) is 2.30. The van der Waals surface area contributed by atoms with Gasteiger partial charge in [0.25, 0.3) is 5.91 Å². The number of rotatable bonds is 8. The van der Waals surface area contributed by atoms with E-state index in [0.29, 0.717) is 33.8 Å². The molecule has 3 aromatic carbocycles. The van der Waals surface area contributed by atoms with Crippen LogP contribution < -0.4 is 10.1 Å². The second-order valence-corrected chi connectivity index (χ2v) is 10.3. The number of para-hydroxylation sites is 1. The Morgan fingerprint density at radius 2 is 1.62 bits per heavy atom. The molecule has 0 radical (unpaired) electrons. The average molecular weight is 497 g/mol. The summed E-state index contributed by atoms with van der Waals surface area (Å²) in [6, 6.07) is 25.3. The molecule has 37 heavy (non-hydrogen) atoms. The van der Waals surface area contributed by atoms with E-state index >= 15 is 0 Å². The van der Waals surface area contributed by atoms with Crippen molar-refractivity contribution >= 4 is 28.6 Å². The molecule has 1 N–H and O–H groups in total. The Hall–Kier alpha value is -4.19. The highest BCUT2D eigenvalue weighted by Crippen LogP contribution is 2.29. The molecule has 0 aliphatic carbocycles. The van der Waals surface area contributed by atoms with Crippen molar-refractivity contribution in [1.82, 2.24) is 4.98 Å². The zero-order chi connectivity index (χ0) is 26.4. The normalized spacial score (nSPS) is 12.1. The standard InChI is InChI=1S/C31H32N2O4/c1-21(19-31(2,3)4)37-26-16-10-14-22-17-18-27(32-28(22)26)33-29(34)25-15-9-8-13-24(25)20-36-30(35)23-11-6-5-7-12-23/h5-18,21H,19-20H2,1-4H3,(H,32,33,34). The first-order valence-corrected chi connectivity index (χ1v) is 12.4. The zero-order valence-electron chi connectivity index (χ0n) is 21.7. The minimum atomic E-state index is -0.444. The molecule has 4 rings (SSSR count). The maximum Gasteiger partial charge on any atom is 0.338 e. The fourth-order valence-electron chi connectivity index (χ4n) is 4.26. The first-order valence-electron chi connectivity index (χ1n) is 12.4. The molecule has 1 atom stereocenters. The number of esters is 1. The van der Waals surface area contributed by atoms with Gasteiger partial charge in [-0.15, -0.1) is 0 Å². The van der Waals surface area contributed by atoms with Crippen molar-refractivity contribution in [2.75, 3.05) is 5.32 Å². The lowest BCUT2D eigenvalue weighted by Crippen LogP contribution is -2.20. The summed E-state index contributed by atoms with van der Waals surface area (Å²) in [4.78, 5) is 30.2. The summed E-state index contributed by atoms with van der Waals surface area (Å²) >= 11 is 0. The molecule has 4 aromatic rings. The second-order valence-electron chi connectivity index (χ2n) is 10.3. The van der Waals surface area contributed by atoms with E-state index in [1.165, 1.54) is 0 Å². The Morgan fingerprint density at radius 3 is 2.38 bits per heavy atom. The number of ether oxygens (including phenoxy) is 2. The van der Waals surface area contributed by atoms with E-state index in [9.17, 15) is 9.59 Å². The fourth-order valence-corrected chi connectivity index (χ4v) is 4.26. The topological polar surface area (TPSA) is 77.5 Å². The average Bonchev–Trinajstić information content (AvgIpc) is 2.87. The van der Waals surface area contributed by atoms with Crippen LogP contribution in [0.15, 0.2) is 84.9 Å². The Bertz CT molecular complexity index is 1390. The molecule has 1 unspecified atom stereocenters. The van der Waals surface area contributed by atoms with Crippen LogP contribution in [0.4, 0.5) is 5.82 Å². The molecule has 6 nitrogen and oxygen atoms in total. The highest BCUT2D eigenvalue weighted by atomic mass is 16.5. The number of nitrogens with zero attached hydrogens (tertiary/aromatic N) is 1. The smallest absolute Gasteiger partial charge is 0.338 e. The molecule has 190 valence electrons. The van der Waals surface area contributed by atoms with Crippen molar-refractivity contribution in [2.45, 2.75) is 46.8 Å². The van der Waals surface area contributed by atoms with Crippen LogP contribution in [0, 0.1) is 5.41 Å². The Kier molecular flexibility index (Phi) is 7.87. The third kappa shape index (κ3) is 6.94. The molecule has 0 saturated carbocycles. The molecule has 0 spiro atoms. The van der Waals surface area contributed by atoms with Crippen molar-refractivity contribution < 1.29 is 19.1 Å². The van der Waals surface area contributed by atoms with Gasteiger partial charge in [0.1, 0.15) is 23.7 Å². The van der Waals surface area contributed by atoms with Gasteiger partial charge < -0.3 is 14.8 Å². The molecular weight excluding hydrogens is 464 g/mol. The number of carbonyl (C=O) groups excluding carboxylic acids is 2. The van der Waals surface area contributed by atoms with Crippen LogP contribution >= 0.6 is 0 Å². The number of amides is 1. The van der Waals surface area contributed by atoms with Gasteiger partial charge in [-0.3, -0.25) is 4.79 Å². The zero-order valence-corrected chi connectivity index (χ0v) is 21.7. The third-order valence-electron chi connectivity index (χ3n) is 5.78. The molecular formula is C31H32N2O4. The van der Waals surface area contributed by atoms with Gasteiger partial charge in [0.15, 0.2) is 0 Å². The first kappa shape index (κ1) is 25.9. The van der Waals surface area contributed by atoms with Gasteiger partial charge in [-0.25, -0.2) is 9.78 Å². The quantitative estimate of drug-likeness (QED) is 0.265. The highest BCUT2D eigenvalue weighted by molar-refractivity contribution is 6.05. The lowest BCUT2D eigenvalue weighted by atomic mass is 9.90. The molecule has 1 amide bonds. The van der Waals surface area contributed by atoms with Crippen molar-refractivity contribution in [3.8, 4) is 5.75 Å². The number of anilines is 1. The van der Waals surface area contributed by atoms with E-state index in [2.05, 4.69) is 33.0 Å². The number of aromatic nitrogens is 1. The number of nitrogens with one attached hydrogen (secondary N) is 1. The summed E-state index contributed by atoms with van der Waals surface area (Å²) < 4.78 is 11.7. The van der Waals surface area contributed by atoms with Gasteiger partial charge in [-0.1, -0.05) is 69.3 Å². The fraction of sp³-hybridized carbons (Fsp3) is 0.258. The van der Waals surface area contributed by atoms with Crippen LogP contribution in [-0.4, -0.2) is 23.0 Å². The van der Waals surface area contributed by atoms with E-state index in [-0.39, 0.29) is 24.0 Å². The van der Waals surface area contributed by atoms with Crippen LogP contribution in [0.25, 0.3) is 10.9 Å². The van der Waals surface area contributed by atoms with Gasteiger partial charge in [0.2, 0.25) is 0 Å². The van der Waals surface area contributed by atoms with Gasteiger partial charge in [-0.05, 0) is 55.2 Å². The lowest BCUT2D eigenvalue weighted by Gasteiger charge is -2.24. The first-order chi connectivity index (χ1) is 17.7. The summed E-state index contributed by atoms with van der Waals surface area (Å²) in [5.74, 6) is 0.310. The highest BCUT2D eigenvalue weighted by Gasteiger charge is 2.18. The summed E-state index contributed by atoms with van der Waals surface area (Å²) in [6.07, 6.45) is 0.905. The number of hydrogen-bond acceptors (Lipinski definition) is 5. The number of carbonyl (C=O) groups is 2. The third-order valence-corrected chi connectivity index (χ3v) is 5.78. The van der Waals surface area contributed by atoms with Gasteiger partial charge >= 0.3 is 5.97 Å². The van der Waals surface area contributed by atoms with Crippen molar-refractivity contribution in [3.63, 3.8) is 0 Å². The summed E-state index contributed by atoms with van der Waals surface area (Å²) in [7, 11) is 0. The minimum Gasteiger partial charge on any atom is -0.488 e. The molecule has 0 bridgehead atoms. The molecule has 0 aliphatic heterocycles. The van der Waals surface area contributed by atoms with Crippen LogP contribution in [0.3, 0.4) is 0 Å². The van der Waals surface area contributed by atoms with Crippen molar-refractivity contribution in [3.05, 3.63) is 102 Å². The molecule has 1 aromatic heterocycles. The van der Waals surface area contributed by atoms with E-state index in [0.717, 1.165) is 11.8 Å². The van der Waals surface area contributed by atoms with Crippen molar-refractivity contribution in [1.29, 1.82) is 0 Å². The molecule has 6 heteroatoms. The minimum absolute atomic E-state index is 0.0103. The Labute approximate surface area is 217 Å². The monoisotopic (exact) mass is 496 g/mol. The van der Waals surface area contributed by atoms with E-state index < -0.39 is 5.97 Å². The Balaban J connectivity index is 1.50. The van der Waals surface area contributed by atoms with Crippen LogP contribution in [-0.2, 0) is 11.3 Å². The number of pyridine rings is 1. The maximum absolute atomic E-state index is 13.2. The van der Waals surface area contributed by atoms with E-state index in [1.54, 1.807) is 54.6 Å². The van der Waals surface area contributed by atoms with E-state index in [1.807, 2.05) is 30.3 Å². The number of benzene rings is 3. The number of fused-ring (bicyclic) bond motifs is 1. The van der Waals surface area contributed by atoms with Crippen LogP contribution in [0.2, 0.25) is 0 Å². The Morgan fingerprint density at radius 1 is 0.892 bits per heavy atom. The molecule has 0 fully saturated rings. The maximum atomic E-state index is 13.2. The SMILES string of the molecule is CC(CC(C)(C)C)Oc1cccc2ccc(NC(=O)c3ccccc3COC(=O)c3ccccc3)nc12. The van der Waals surface area contributed by atoms with Gasteiger partial charge in [-0.2, -0.15) is 0 Å². The van der Waals surface area contributed by atoms with Crippen LogP contribution in [0.5, 0.6) is 5.75 Å². The van der Waals surface area contributed by atoms with E-state index in [4.69, 9.17) is 14.5 Å². The van der Waals surface area contributed by atoms with Gasteiger partial charge in [0, 0.05) is 16.5 Å². The summed E-state index contributed by atoms with van der Waals surface area (Å²) in [6.45, 7) is 8.58. The second kappa shape index (κ2) is 11.2. The van der Waals surface area contributed by atoms with Crippen LogP contribution in [0.1, 0.15) is 60.4 Å². The largest absolute Gasteiger partial charge is 0.488 e. The molecule has 1 heterocycles. The van der Waals surface area contributed by atoms with Crippen molar-refractivity contribution in [2.24, 2.45) is 5.41 Å². The van der Waals surface area contributed by atoms with Gasteiger partial charge in [0.05, 0.1) is 11.7 Å². The molecule has 0 aliphatic rings. The predicted octanol–water partition coefficient (Wildman–Crippen LogP) is 7.05. The number of hydrogen-bond donors (Lipinski definition) is 1. The summed E-state index contributed by atoms with van der Waals surface area (Å²) in [5, 5.41) is 3.81. The lowest BCUT2D eigenvalue weighted by molar-refractivity contribution is 0.0470. The predicted molar refractivity (Wildman–Crippen MR) is 146 cm³/mol.